The van der Waals surface area contributed by atoms with Crippen molar-refractivity contribution in [3.05, 3.63) is 18.3 Å². The van der Waals surface area contributed by atoms with Gasteiger partial charge in [0.1, 0.15) is 12.4 Å². The molecule has 23 heavy (non-hydrogen) atoms. The molecule has 0 radical (unpaired) electrons. The number of nitrogens with one attached hydrogen (secondary N) is 2. The quantitative estimate of drug-likeness (QED) is 0.638. The number of aromatic nitrogens is 2. The first kappa shape index (κ1) is 17.2. The molecule has 126 valence electrons. The van der Waals surface area contributed by atoms with E-state index in [9.17, 15) is 4.79 Å². The average molecular weight is 323 g/mol. The van der Waals surface area contributed by atoms with E-state index in [0.29, 0.717) is 37.9 Å². The lowest BCUT2D eigenvalue weighted by molar-refractivity contribution is -0.121. The Balaban J connectivity index is 1.78. The highest BCUT2D eigenvalue weighted by Crippen LogP contribution is 2.29. The van der Waals surface area contributed by atoms with Crippen molar-refractivity contribution in [1.82, 2.24) is 10.2 Å². The number of benzene rings is 1. The molecule has 0 aliphatic rings. The van der Waals surface area contributed by atoms with Crippen LogP contribution in [0.5, 0.6) is 5.75 Å². The molecule has 1 aromatic heterocycles. The van der Waals surface area contributed by atoms with Gasteiger partial charge < -0.3 is 24.3 Å². The number of carbonyl (C=O) groups excluding carboxylic acids is 1. The SMILES string of the molecule is COCCOCCOCC(=O)Nc1cc2cn[nH]c2cc1OC. The van der Waals surface area contributed by atoms with Crippen molar-refractivity contribution in [3.8, 4) is 5.75 Å². The predicted molar refractivity (Wildman–Crippen MR) is 84.8 cm³/mol. The first-order chi connectivity index (χ1) is 11.2. The molecule has 1 aromatic carbocycles. The van der Waals surface area contributed by atoms with Crippen molar-refractivity contribution in [2.75, 3.05) is 52.6 Å². The molecule has 0 unspecified atom stereocenters. The van der Waals surface area contributed by atoms with Crippen molar-refractivity contribution < 1.29 is 23.7 Å². The Morgan fingerprint density at radius 1 is 1.17 bits per heavy atom. The van der Waals surface area contributed by atoms with Crippen LogP contribution in [0.4, 0.5) is 5.69 Å². The van der Waals surface area contributed by atoms with Gasteiger partial charge in [0, 0.05) is 18.6 Å². The first-order valence-electron chi connectivity index (χ1n) is 7.20. The van der Waals surface area contributed by atoms with Gasteiger partial charge >= 0.3 is 0 Å². The van der Waals surface area contributed by atoms with E-state index in [1.165, 1.54) is 0 Å². The van der Waals surface area contributed by atoms with Crippen LogP contribution in [0.15, 0.2) is 18.3 Å². The van der Waals surface area contributed by atoms with E-state index in [-0.39, 0.29) is 12.5 Å². The van der Waals surface area contributed by atoms with Gasteiger partial charge in [0.2, 0.25) is 5.91 Å². The summed E-state index contributed by atoms with van der Waals surface area (Å²) in [5, 5.41) is 10.4. The number of H-pyrrole nitrogens is 1. The normalized spacial score (nSPS) is 10.9. The van der Waals surface area contributed by atoms with Gasteiger partial charge in [-0.25, -0.2) is 0 Å². The van der Waals surface area contributed by atoms with Gasteiger partial charge in [-0.1, -0.05) is 0 Å². The highest BCUT2D eigenvalue weighted by Gasteiger charge is 2.10. The molecule has 0 aliphatic heterocycles. The summed E-state index contributed by atoms with van der Waals surface area (Å²) in [5.41, 5.74) is 1.41. The van der Waals surface area contributed by atoms with Gasteiger partial charge in [-0.3, -0.25) is 9.89 Å². The second kappa shape index (κ2) is 9.09. The zero-order valence-corrected chi connectivity index (χ0v) is 13.3. The second-order valence-electron chi connectivity index (χ2n) is 4.72. The molecular weight excluding hydrogens is 302 g/mol. The van der Waals surface area contributed by atoms with E-state index >= 15 is 0 Å². The van der Waals surface area contributed by atoms with E-state index in [0.717, 1.165) is 10.9 Å². The van der Waals surface area contributed by atoms with Crippen molar-refractivity contribution in [1.29, 1.82) is 0 Å². The number of ether oxygens (including phenoxy) is 4. The maximum Gasteiger partial charge on any atom is 0.250 e. The molecule has 2 rings (SSSR count). The standard InChI is InChI=1S/C15H21N3O5/c1-20-3-4-22-5-6-23-10-15(19)17-13-7-11-9-16-18-12(11)8-14(13)21-2/h7-9H,3-6,10H2,1-2H3,(H,16,18)(H,17,19). The van der Waals surface area contributed by atoms with Crippen LogP contribution < -0.4 is 10.1 Å². The van der Waals surface area contributed by atoms with E-state index < -0.39 is 0 Å². The lowest BCUT2D eigenvalue weighted by atomic mass is 10.2. The Morgan fingerprint density at radius 2 is 1.96 bits per heavy atom. The van der Waals surface area contributed by atoms with Gasteiger partial charge in [-0.05, 0) is 6.07 Å². The Morgan fingerprint density at radius 3 is 2.74 bits per heavy atom. The maximum atomic E-state index is 11.9. The maximum absolute atomic E-state index is 11.9. The molecule has 8 nitrogen and oxygen atoms in total. The van der Waals surface area contributed by atoms with Gasteiger partial charge in [-0.2, -0.15) is 5.10 Å². The molecule has 0 fully saturated rings. The summed E-state index contributed by atoms with van der Waals surface area (Å²) in [7, 11) is 3.15. The minimum Gasteiger partial charge on any atom is -0.494 e. The van der Waals surface area contributed by atoms with Crippen LogP contribution in [0.1, 0.15) is 0 Å². The molecule has 0 saturated carbocycles. The molecule has 2 N–H and O–H groups in total. The molecule has 0 atom stereocenters. The van der Waals surface area contributed by atoms with Gasteiger partial charge in [0.15, 0.2) is 0 Å². The monoisotopic (exact) mass is 323 g/mol. The van der Waals surface area contributed by atoms with E-state index in [1.807, 2.05) is 0 Å². The van der Waals surface area contributed by atoms with Crippen molar-refractivity contribution in [2.24, 2.45) is 0 Å². The third kappa shape index (κ3) is 5.20. The van der Waals surface area contributed by atoms with Gasteiger partial charge in [-0.15, -0.1) is 0 Å². The molecular formula is C15H21N3O5. The molecule has 0 bridgehead atoms. The summed E-state index contributed by atoms with van der Waals surface area (Å²) in [4.78, 5) is 11.9. The number of rotatable bonds is 10. The third-order valence-corrected chi connectivity index (χ3v) is 3.07. The number of amides is 1. The van der Waals surface area contributed by atoms with Crippen LogP contribution >= 0.6 is 0 Å². The highest BCUT2D eigenvalue weighted by molar-refractivity contribution is 5.96. The van der Waals surface area contributed by atoms with Crippen LogP contribution in [-0.4, -0.2) is 63.4 Å². The molecule has 1 heterocycles. The summed E-state index contributed by atoms with van der Waals surface area (Å²) in [6.07, 6.45) is 1.68. The Labute approximate surface area is 134 Å². The highest BCUT2D eigenvalue weighted by atomic mass is 16.5. The fourth-order valence-electron chi connectivity index (χ4n) is 1.95. The fourth-order valence-corrected chi connectivity index (χ4v) is 1.95. The number of nitrogens with zero attached hydrogens (tertiary/aromatic N) is 1. The topological polar surface area (TPSA) is 94.7 Å². The fraction of sp³-hybridized carbons (Fsp3) is 0.467. The van der Waals surface area contributed by atoms with Gasteiger partial charge in [0.05, 0.1) is 50.9 Å². The largest absolute Gasteiger partial charge is 0.494 e. The summed E-state index contributed by atoms with van der Waals surface area (Å²) in [5.74, 6) is 0.293. The minimum absolute atomic E-state index is 0.0553. The van der Waals surface area contributed by atoms with Crippen LogP contribution in [0, 0.1) is 0 Å². The zero-order chi connectivity index (χ0) is 16.5. The third-order valence-electron chi connectivity index (χ3n) is 3.07. The number of fused-ring (bicyclic) bond motifs is 1. The first-order valence-corrected chi connectivity index (χ1v) is 7.20. The van der Waals surface area contributed by atoms with Crippen LogP contribution in [-0.2, 0) is 19.0 Å². The lowest BCUT2D eigenvalue weighted by Crippen LogP contribution is -2.20. The Bertz CT molecular complexity index is 629. The van der Waals surface area contributed by atoms with Crippen LogP contribution in [0.3, 0.4) is 0 Å². The predicted octanol–water partition coefficient (Wildman–Crippen LogP) is 1.19. The summed E-state index contributed by atoms with van der Waals surface area (Å²) < 4.78 is 20.6. The van der Waals surface area contributed by atoms with E-state index in [2.05, 4.69) is 15.5 Å². The second-order valence-corrected chi connectivity index (χ2v) is 4.72. The molecule has 0 spiro atoms. The zero-order valence-electron chi connectivity index (χ0n) is 13.3. The van der Waals surface area contributed by atoms with E-state index in [4.69, 9.17) is 18.9 Å². The van der Waals surface area contributed by atoms with Crippen molar-refractivity contribution >= 4 is 22.5 Å². The van der Waals surface area contributed by atoms with Crippen LogP contribution in [0.2, 0.25) is 0 Å². The summed E-state index contributed by atoms with van der Waals surface area (Å²) in [6, 6.07) is 3.58. The van der Waals surface area contributed by atoms with E-state index in [1.54, 1.807) is 32.5 Å². The number of aromatic amines is 1. The summed E-state index contributed by atoms with van der Waals surface area (Å²) in [6.45, 7) is 1.75. The Hall–Kier alpha value is -2.16. The average Bonchev–Trinajstić information content (AvgIpc) is 3.00. The molecule has 0 saturated heterocycles. The summed E-state index contributed by atoms with van der Waals surface area (Å²) >= 11 is 0. The van der Waals surface area contributed by atoms with Crippen LogP contribution in [0.25, 0.3) is 10.9 Å². The number of anilines is 1. The minimum atomic E-state index is -0.261. The lowest BCUT2D eigenvalue weighted by Gasteiger charge is -2.11. The Kier molecular flexibility index (Phi) is 6.79. The number of carbonyl (C=O) groups is 1. The number of hydrogen-bond donors (Lipinski definition) is 2. The molecule has 0 aliphatic carbocycles. The molecule has 8 heteroatoms. The van der Waals surface area contributed by atoms with Crippen molar-refractivity contribution in [2.45, 2.75) is 0 Å². The van der Waals surface area contributed by atoms with Crippen molar-refractivity contribution in [3.63, 3.8) is 0 Å². The molecule has 1 amide bonds. The smallest absolute Gasteiger partial charge is 0.250 e. The van der Waals surface area contributed by atoms with Gasteiger partial charge in [0.25, 0.3) is 0 Å². The number of hydrogen-bond acceptors (Lipinski definition) is 6. The molecule has 2 aromatic rings. The number of methoxy groups -OCH3 is 2.